The first-order valence-corrected chi connectivity index (χ1v) is 17.8. The molecule has 0 radical (unpaired) electrons. The fourth-order valence-corrected chi connectivity index (χ4v) is 9.63. The van der Waals surface area contributed by atoms with Gasteiger partial charge < -0.3 is 24.6 Å². The summed E-state index contributed by atoms with van der Waals surface area (Å²) < 4.78 is 79.7. The van der Waals surface area contributed by atoms with E-state index in [2.05, 4.69) is 31.2 Å². The van der Waals surface area contributed by atoms with Crippen molar-refractivity contribution in [2.24, 2.45) is 0 Å². The molecule has 0 spiro atoms. The maximum Gasteiger partial charge on any atom is 0.420 e. The second kappa shape index (κ2) is 13.0. The Balaban J connectivity index is 1.31. The average molecular weight is 697 g/mol. The quantitative estimate of drug-likeness (QED) is 0.338. The van der Waals surface area contributed by atoms with Gasteiger partial charge in [-0.05, 0) is 36.2 Å². The second-order valence-corrected chi connectivity index (χ2v) is 15.0. The van der Waals surface area contributed by atoms with E-state index < -0.39 is 27.3 Å². The number of sulfone groups is 1. The third kappa shape index (κ3) is 6.34. The van der Waals surface area contributed by atoms with Gasteiger partial charge in [0.05, 0.1) is 58.0 Å². The number of aryl methyl sites for hydroxylation is 1. The number of thiocarbonyl (C=S) groups is 1. The summed E-state index contributed by atoms with van der Waals surface area (Å²) in [6.07, 6.45) is -3.38. The molecule has 248 valence electrons. The summed E-state index contributed by atoms with van der Waals surface area (Å²) in [5, 5.41) is 3.12. The lowest BCUT2D eigenvalue weighted by Gasteiger charge is -2.44. The number of fused-ring (bicyclic) bond motifs is 2. The van der Waals surface area contributed by atoms with Crippen LogP contribution in [0.1, 0.15) is 22.9 Å². The van der Waals surface area contributed by atoms with Crippen LogP contribution < -0.4 is 10.2 Å². The summed E-state index contributed by atoms with van der Waals surface area (Å²) in [5.41, 5.74) is 1.20. The fraction of sp³-hybridized carbons (Fsp3) is 0.500. The van der Waals surface area contributed by atoms with E-state index in [9.17, 15) is 21.6 Å². The Morgan fingerprint density at radius 1 is 1.17 bits per heavy atom. The molecule has 3 aromatic rings. The van der Waals surface area contributed by atoms with Gasteiger partial charge in [-0.2, -0.15) is 13.2 Å². The van der Waals surface area contributed by atoms with Crippen molar-refractivity contribution in [2.45, 2.75) is 36.5 Å². The van der Waals surface area contributed by atoms with Gasteiger partial charge in [-0.1, -0.05) is 19.1 Å². The summed E-state index contributed by atoms with van der Waals surface area (Å²) in [7, 11) is -0.384. The Morgan fingerprint density at radius 3 is 2.70 bits per heavy atom. The smallest absolute Gasteiger partial charge is 0.383 e. The number of aromatic nitrogens is 2. The summed E-state index contributed by atoms with van der Waals surface area (Å²) in [5.74, 6) is -0.226. The van der Waals surface area contributed by atoms with Crippen molar-refractivity contribution in [3.8, 4) is 10.6 Å². The Hall–Kier alpha value is -2.89. The van der Waals surface area contributed by atoms with Crippen LogP contribution in [-0.4, -0.2) is 111 Å². The molecule has 6 rings (SSSR count). The number of hydrogen-bond acceptors (Lipinski definition) is 11. The Morgan fingerprint density at radius 2 is 1.96 bits per heavy atom. The number of rotatable bonds is 8. The van der Waals surface area contributed by atoms with Crippen molar-refractivity contribution in [3.63, 3.8) is 0 Å². The fourth-order valence-electron chi connectivity index (χ4n) is 6.20. The van der Waals surface area contributed by atoms with E-state index in [4.69, 9.17) is 21.7 Å². The summed E-state index contributed by atoms with van der Waals surface area (Å²) in [6, 6.07) is 7.70. The Labute approximate surface area is 275 Å². The topological polar surface area (TPSA) is 100 Å². The lowest BCUT2D eigenvalue weighted by atomic mass is 10.0. The van der Waals surface area contributed by atoms with Gasteiger partial charge in [0, 0.05) is 57.9 Å². The average Bonchev–Trinajstić information content (AvgIpc) is 3.69. The monoisotopic (exact) mass is 696 g/mol. The molecule has 2 fully saturated rings. The molecule has 0 bridgehead atoms. The van der Waals surface area contributed by atoms with Gasteiger partial charge in [0.2, 0.25) is 5.95 Å². The van der Waals surface area contributed by atoms with E-state index in [-0.39, 0.29) is 50.0 Å². The number of nitrogens with zero attached hydrogens (tertiary/aromatic N) is 5. The largest absolute Gasteiger partial charge is 0.420 e. The van der Waals surface area contributed by atoms with Crippen molar-refractivity contribution in [2.75, 3.05) is 76.1 Å². The van der Waals surface area contributed by atoms with Crippen LogP contribution >= 0.6 is 23.6 Å². The number of benzene rings is 1. The van der Waals surface area contributed by atoms with Crippen molar-refractivity contribution in [1.29, 1.82) is 0 Å². The molecule has 0 unspecified atom stereocenters. The predicted molar refractivity (Wildman–Crippen MR) is 175 cm³/mol. The molecular formula is C30H35F3N6O4S3. The Kier molecular flexibility index (Phi) is 9.30. The van der Waals surface area contributed by atoms with Crippen LogP contribution in [0.2, 0.25) is 0 Å². The van der Waals surface area contributed by atoms with Crippen molar-refractivity contribution in [1.82, 2.24) is 19.8 Å². The third-order valence-electron chi connectivity index (χ3n) is 8.75. The van der Waals surface area contributed by atoms with Crippen LogP contribution in [0.15, 0.2) is 35.4 Å². The molecule has 10 nitrogen and oxygen atoms in total. The molecule has 1 N–H and O–H groups in total. The zero-order valence-corrected chi connectivity index (χ0v) is 28.1. The molecule has 0 amide bonds. The first-order valence-electron chi connectivity index (χ1n) is 14.9. The molecule has 0 aliphatic carbocycles. The number of nitrogens with one attached hydrogen (secondary N) is 1. The lowest BCUT2D eigenvalue weighted by Crippen LogP contribution is -2.59. The predicted octanol–water partition coefficient (Wildman–Crippen LogP) is 4.46. The van der Waals surface area contributed by atoms with Gasteiger partial charge in [0.25, 0.3) is 0 Å². The van der Waals surface area contributed by atoms with E-state index in [0.29, 0.717) is 31.9 Å². The molecule has 1 aromatic carbocycles. The number of anilines is 3. The van der Waals surface area contributed by atoms with Crippen LogP contribution in [0.25, 0.3) is 10.6 Å². The lowest BCUT2D eigenvalue weighted by molar-refractivity contribution is -0.137. The summed E-state index contributed by atoms with van der Waals surface area (Å²) >= 11 is 6.37. The second-order valence-electron chi connectivity index (χ2n) is 11.5. The van der Waals surface area contributed by atoms with Gasteiger partial charge >= 0.3 is 6.18 Å². The maximum atomic E-state index is 14.2. The van der Waals surface area contributed by atoms with E-state index in [1.165, 1.54) is 6.07 Å². The maximum absolute atomic E-state index is 14.2. The number of hydrogen-bond donors (Lipinski definition) is 1. The molecule has 2 atom stereocenters. The van der Waals surface area contributed by atoms with Crippen molar-refractivity contribution in [3.05, 3.63) is 46.5 Å². The molecule has 5 heterocycles. The third-order valence-corrected chi connectivity index (χ3v) is 12.4. The van der Waals surface area contributed by atoms with E-state index in [1.54, 1.807) is 19.1 Å². The molecule has 3 aliphatic heterocycles. The van der Waals surface area contributed by atoms with Gasteiger partial charge in [0.15, 0.2) is 9.84 Å². The van der Waals surface area contributed by atoms with Gasteiger partial charge in [-0.15, -0.1) is 11.3 Å². The van der Waals surface area contributed by atoms with Crippen molar-refractivity contribution >= 4 is 55.7 Å². The van der Waals surface area contributed by atoms with Crippen LogP contribution in [0, 0.1) is 0 Å². The zero-order valence-electron chi connectivity index (χ0n) is 25.6. The Bertz CT molecular complexity index is 1730. The van der Waals surface area contributed by atoms with Crippen LogP contribution in [0.5, 0.6) is 0 Å². The molecule has 2 aromatic heterocycles. The minimum atomic E-state index is -4.77. The number of alkyl halides is 3. The highest BCUT2D eigenvalue weighted by molar-refractivity contribution is 7.92. The molecule has 46 heavy (non-hydrogen) atoms. The van der Waals surface area contributed by atoms with Crippen molar-refractivity contribution < 1.29 is 31.1 Å². The number of ether oxygens (including phenoxy) is 2. The highest BCUT2D eigenvalue weighted by atomic mass is 32.2. The number of thiophene rings is 1. The summed E-state index contributed by atoms with van der Waals surface area (Å²) in [4.78, 5) is 15.2. The minimum absolute atomic E-state index is 0.0346. The normalized spacial score (nSPS) is 21.7. The van der Waals surface area contributed by atoms with Gasteiger partial charge in [0.1, 0.15) is 10.6 Å². The molecule has 16 heteroatoms. The minimum Gasteiger partial charge on any atom is -0.383 e. The molecule has 3 aliphatic rings. The standard InChI is InChI=1S/C30H35F3N6O4S3/c1-4-18-13-19(39-8-7-38(9-11-42-3)22-16-43-17-23(22)39)5-6-21(18)35-29-34-15-20(30(31,32)33)26(36-29)24-14-25-27(45-24)28(44)37(2)10-12-46(25,40)41/h5-6,13-15,22-23H,4,7-12,16-17H2,1-3H3,(H,34,35,36)/t22-,23+/m0/s1. The van der Waals surface area contributed by atoms with Gasteiger partial charge in [-0.3, -0.25) is 4.90 Å². The number of methoxy groups -OCH3 is 1. The zero-order chi connectivity index (χ0) is 32.8. The van der Waals surface area contributed by atoms with E-state index in [1.807, 2.05) is 19.1 Å². The highest BCUT2D eigenvalue weighted by Crippen LogP contribution is 2.42. The summed E-state index contributed by atoms with van der Waals surface area (Å²) in [6.45, 7) is 6.72. The van der Waals surface area contributed by atoms with E-state index in [0.717, 1.165) is 48.4 Å². The first-order chi connectivity index (χ1) is 21.9. The highest BCUT2D eigenvalue weighted by Gasteiger charge is 2.41. The molecular weight excluding hydrogens is 662 g/mol. The van der Waals surface area contributed by atoms with Gasteiger partial charge in [-0.25, -0.2) is 18.4 Å². The first kappa shape index (κ1) is 33.0. The number of piperazine rings is 1. The molecule has 2 saturated heterocycles. The SMILES string of the molecule is CCc1cc(N2CCN(CCOC)[C@H]3COC[C@H]32)ccc1Nc1ncc(C(F)(F)F)c(-c2cc3c(s2)C(=S)N(C)CCS3(=O)=O)n1. The van der Waals surface area contributed by atoms with Crippen LogP contribution in [-0.2, 0) is 31.9 Å². The van der Waals surface area contributed by atoms with E-state index >= 15 is 0 Å². The van der Waals surface area contributed by atoms with Crippen LogP contribution in [0.4, 0.5) is 30.5 Å². The molecule has 0 saturated carbocycles. The number of halogens is 3. The van der Waals surface area contributed by atoms with Crippen LogP contribution in [0.3, 0.4) is 0 Å².